The van der Waals surface area contributed by atoms with E-state index in [1.807, 2.05) is 25.8 Å². The number of nitrogens with zero attached hydrogens (tertiary/aromatic N) is 1. The molecule has 1 heterocycles. The van der Waals surface area contributed by atoms with E-state index in [1.54, 1.807) is 5.29 Å². The summed E-state index contributed by atoms with van der Waals surface area (Å²) >= 11 is 0. The highest BCUT2D eigenvalue weighted by molar-refractivity contribution is 7.95. The summed E-state index contributed by atoms with van der Waals surface area (Å²) in [5.41, 5.74) is -0.272. The van der Waals surface area contributed by atoms with Crippen LogP contribution >= 0.6 is 6.89 Å². The van der Waals surface area contributed by atoms with Crippen LogP contribution in [0.15, 0.2) is 91.0 Å². The number of benzene rings is 3. The summed E-state index contributed by atoms with van der Waals surface area (Å²) in [6.45, 7) is 2.83. The molecule has 1 atom stereocenters. The van der Waals surface area contributed by atoms with Gasteiger partial charge < -0.3 is 9.53 Å². The highest BCUT2D eigenvalue weighted by Crippen LogP contribution is 2.51. The Labute approximate surface area is 192 Å². The molecule has 3 aromatic carbocycles. The first kappa shape index (κ1) is 22.7. The fraction of sp³-hybridized carbons (Fsp3) is 0.286. The van der Waals surface area contributed by atoms with Crippen LogP contribution < -0.4 is 15.9 Å². The van der Waals surface area contributed by atoms with E-state index in [-0.39, 0.29) is 11.8 Å². The lowest BCUT2D eigenvalue weighted by molar-refractivity contribution is -0.112. The second-order valence-electron chi connectivity index (χ2n) is 8.82. The molecule has 0 N–H and O–H groups in total. The molecule has 32 heavy (non-hydrogen) atoms. The van der Waals surface area contributed by atoms with Gasteiger partial charge in [-0.25, -0.2) is 0 Å². The molecule has 3 nitrogen and oxygen atoms in total. The molecule has 4 heteroatoms. The van der Waals surface area contributed by atoms with Crippen molar-refractivity contribution in [3.8, 4) is 0 Å². The summed E-state index contributed by atoms with van der Waals surface area (Å²) in [5, 5.41) is 6.19. The first-order valence-electron chi connectivity index (χ1n) is 11.2. The average molecular weight is 446 g/mol. The third kappa shape index (κ3) is 4.38. The smallest absolute Gasteiger partial charge is 0.139 e. The van der Waals surface area contributed by atoms with E-state index in [4.69, 9.17) is 4.74 Å². The first-order chi connectivity index (χ1) is 15.5. The van der Waals surface area contributed by atoms with Crippen LogP contribution in [-0.4, -0.2) is 41.9 Å². The van der Waals surface area contributed by atoms with Gasteiger partial charge in [0.05, 0.1) is 12.6 Å². The molecule has 0 bridgehead atoms. The Bertz CT molecular complexity index is 985. The third-order valence-electron chi connectivity index (χ3n) is 6.49. The molecule has 1 aliphatic heterocycles. The number of hydrogen-bond donors (Lipinski definition) is 0. The summed E-state index contributed by atoms with van der Waals surface area (Å²) < 4.78 is 5.35. The Kier molecular flexibility index (Phi) is 6.81. The molecule has 1 aliphatic carbocycles. The summed E-state index contributed by atoms with van der Waals surface area (Å²) in [5.74, 6) is 0. The van der Waals surface area contributed by atoms with Gasteiger partial charge in [0, 0.05) is 0 Å². The second kappa shape index (κ2) is 9.58. The van der Waals surface area contributed by atoms with Crippen LogP contribution in [-0.2, 0) is 9.53 Å². The van der Waals surface area contributed by atoms with Crippen LogP contribution in [0.4, 0.5) is 0 Å². The zero-order chi connectivity index (χ0) is 22.6. The molecule has 166 valence electrons. The maximum atomic E-state index is 10.4. The van der Waals surface area contributed by atoms with Crippen molar-refractivity contribution in [3.05, 3.63) is 91.0 Å². The van der Waals surface area contributed by atoms with Crippen molar-refractivity contribution in [1.29, 1.82) is 0 Å². The predicted molar refractivity (Wildman–Crippen MR) is 137 cm³/mol. The minimum atomic E-state index is -1.60. The number of carbonyl (C=O) groups is 1. The van der Waals surface area contributed by atoms with Crippen molar-refractivity contribution in [2.75, 3.05) is 13.7 Å². The monoisotopic (exact) mass is 445 g/mol. The van der Waals surface area contributed by atoms with Crippen LogP contribution in [0.2, 0.25) is 0 Å². The lowest BCUT2D eigenvalue weighted by Gasteiger charge is -2.28. The predicted octanol–water partition coefficient (Wildman–Crippen LogP) is 4.20. The van der Waals surface area contributed by atoms with Gasteiger partial charge in [0.25, 0.3) is 0 Å². The number of rotatable bonds is 4. The SMILES string of the molecule is CN1[C@@H](C=O)COC1(C)C.c1ccc(P(=C2CC2)(c2ccccc2)c2ccccc2)cc1. The van der Waals surface area contributed by atoms with Crippen LogP contribution in [0.1, 0.15) is 26.7 Å². The molecule has 2 aliphatic rings. The molecule has 3 aromatic rings. The molecule has 0 spiro atoms. The van der Waals surface area contributed by atoms with Crippen molar-refractivity contribution in [3.63, 3.8) is 0 Å². The van der Waals surface area contributed by atoms with E-state index >= 15 is 0 Å². The molecule has 0 aromatic heterocycles. The number of ether oxygens (including phenoxy) is 1. The molecular formula is C28H32NO2P. The summed E-state index contributed by atoms with van der Waals surface area (Å²) in [6.07, 6.45) is 3.47. The van der Waals surface area contributed by atoms with Crippen molar-refractivity contribution >= 4 is 34.4 Å². The zero-order valence-corrected chi connectivity index (χ0v) is 20.0. The quantitative estimate of drug-likeness (QED) is 0.445. The molecule has 0 radical (unpaired) electrons. The number of hydrogen-bond acceptors (Lipinski definition) is 3. The molecule has 0 unspecified atom stereocenters. The summed E-state index contributed by atoms with van der Waals surface area (Å²) in [4.78, 5) is 12.3. The van der Waals surface area contributed by atoms with Gasteiger partial charge >= 0.3 is 0 Å². The second-order valence-corrected chi connectivity index (χ2v) is 12.3. The minimum Gasteiger partial charge on any atom is -0.359 e. The average Bonchev–Trinajstić information content (AvgIpc) is 3.64. The lowest BCUT2D eigenvalue weighted by Crippen LogP contribution is -2.41. The zero-order valence-electron chi connectivity index (χ0n) is 19.1. The van der Waals surface area contributed by atoms with E-state index in [2.05, 4.69) is 91.0 Å². The third-order valence-corrected chi connectivity index (χ3v) is 11.1. The van der Waals surface area contributed by atoms with Crippen molar-refractivity contribution in [2.24, 2.45) is 0 Å². The normalized spacial score (nSPS) is 19.7. The van der Waals surface area contributed by atoms with E-state index in [1.165, 1.54) is 28.8 Å². The fourth-order valence-corrected chi connectivity index (χ4v) is 9.00. The maximum Gasteiger partial charge on any atom is 0.139 e. The largest absolute Gasteiger partial charge is 0.359 e. The first-order valence-corrected chi connectivity index (χ1v) is 13.0. The molecule has 1 saturated carbocycles. The van der Waals surface area contributed by atoms with Gasteiger partial charge in [-0.1, -0.05) is 96.3 Å². The Morgan fingerprint density at radius 3 is 1.47 bits per heavy atom. The van der Waals surface area contributed by atoms with Gasteiger partial charge in [0.15, 0.2) is 0 Å². The molecule has 0 amide bonds. The summed E-state index contributed by atoms with van der Waals surface area (Å²) in [6, 6.07) is 33.3. The topological polar surface area (TPSA) is 29.5 Å². The Morgan fingerprint density at radius 1 is 0.812 bits per heavy atom. The molecule has 5 rings (SSSR count). The van der Waals surface area contributed by atoms with Crippen LogP contribution in [0.25, 0.3) is 0 Å². The number of aldehydes is 1. The Morgan fingerprint density at radius 2 is 1.22 bits per heavy atom. The Balaban J connectivity index is 0.000000207. The van der Waals surface area contributed by atoms with Crippen LogP contribution in [0.3, 0.4) is 0 Å². The van der Waals surface area contributed by atoms with E-state index < -0.39 is 6.89 Å². The number of carbonyl (C=O) groups excluding carboxylic acids is 1. The Hall–Kier alpha value is -2.45. The molecular weight excluding hydrogens is 413 g/mol. The van der Waals surface area contributed by atoms with E-state index in [0.29, 0.717) is 6.61 Å². The standard InChI is InChI=1S/C21H19P.C7H13NO2/c1-4-10-18(11-5-1)22(21-16-17-21,19-12-6-2-7-13-19)20-14-8-3-9-15-20;1-7(2)8(3)6(4-9)5-10-7/h1-15H,16-17H2;4,6H,5H2,1-3H3/t;6-/m.0/s1. The van der Waals surface area contributed by atoms with Gasteiger partial charge in [0.1, 0.15) is 12.0 Å². The van der Waals surface area contributed by atoms with Crippen LogP contribution in [0, 0.1) is 0 Å². The van der Waals surface area contributed by atoms with E-state index in [9.17, 15) is 4.79 Å². The highest BCUT2D eigenvalue weighted by atomic mass is 31.2. The lowest BCUT2D eigenvalue weighted by atomic mass is 10.2. The van der Waals surface area contributed by atoms with Gasteiger partial charge in [0.2, 0.25) is 0 Å². The van der Waals surface area contributed by atoms with Gasteiger partial charge in [-0.3, -0.25) is 4.90 Å². The minimum absolute atomic E-state index is 0.0602. The summed E-state index contributed by atoms with van der Waals surface area (Å²) in [7, 11) is 1.89. The van der Waals surface area contributed by atoms with Crippen molar-refractivity contribution < 1.29 is 9.53 Å². The van der Waals surface area contributed by atoms with Gasteiger partial charge in [-0.05, 0) is 56.5 Å². The number of likely N-dealkylation sites (N-methyl/N-ethyl adjacent to an activating group) is 1. The molecule has 1 saturated heterocycles. The highest BCUT2D eigenvalue weighted by Gasteiger charge is 2.37. The van der Waals surface area contributed by atoms with Crippen molar-refractivity contribution in [1.82, 2.24) is 4.90 Å². The fourth-order valence-electron chi connectivity index (χ4n) is 4.37. The molecule has 2 fully saturated rings. The van der Waals surface area contributed by atoms with Gasteiger partial charge in [-0.2, -0.15) is 0 Å². The van der Waals surface area contributed by atoms with Gasteiger partial charge in [-0.15, -0.1) is 0 Å². The van der Waals surface area contributed by atoms with Crippen molar-refractivity contribution in [2.45, 2.75) is 38.5 Å². The van der Waals surface area contributed by atoms with Crippen LogP contribution in [0.5, 0.6) is 0 Å². The van der Waals surface area contributed by atoms with E-state index in [0.717, 1.165) is 6.29 Å². The maximum absolute atomic E-state index is 10.4.